The van der Waals surface area contributed by atoms with Crippen molar-refractivity contribution in [3.05, 3.63) is 71.1 Å². The van der Waals surface area contributed by atoms with Crippen molar-refractivity contribution in [3.63, 3.8) is 0 Å². The topological polar surface area (TPSA) is 79.5 Å². The maximum atomic E-state index is 11.0. The van der Waals surface area contributed by atoms with Crippen LogP contribution in [0.2, 0.25) is 0 Å². The Morgan fingerprint density at radius 1 is 1.19 bits per heavy atom. The molecule has 0 atom stereocenters. The van der Waals surface area contributed by atoms with Crippen molar-refractivity contribution in [3.8, 4) is 11.5 Å². The van der Waals surface area contributed by atoms with E-state index in [1.54, 1.807) is 0 Å². The Kier molecular flexibility index (Phi) is 6.81. The Morgan fingerprint density at radius 3 is 2.66 bits per heavy atom. The fourth-order valence-electron chi connectivity index (χ4n) is 4.05. The van der Waals surface area contributed by atoms with Gasteiger partial charge in [0, 0.05) is 31.3 Å². The molecule has 0 unspecified atom stereocenters. The van der Waals surface area contributed by atoms with E-state index in [9.17, 15) is 4.79 Å². The van der Waals surface area contributed by atoms with Crippen LogP contribution in [-0.4, -0.2) is 39.3 Å². The zero-order valence-electron chi connectivity index (χ0n) is 18.6. The van der Waals surface area contributed by atoms with Crippen LogP contribution in [0.4, 0.5) is 0 Å². The number of carbonyl (C=O) groups is 1. The molecule has 2 aromatic carbocycles. The molecule has 166 valence electrons. The summed E-state index contributed by atoms with van der Waals surface area (Å²) in [5, 5.41) is 17.6. The van der Waals surface area contributed by atoms with E-state index in [0.29, 0.717) is 24.9 Å². The van der Waals surface area contributed by atoms with Crippen LogP contribution >= 0.6 is 0 Å². The first-order valence-corrected chi connectivity index (χ1v) is 11.2. The number of hydrogen-bond acceptors (Lipinski definition) is 5. The van der Waals surface area contributed by atoms with E-state index in [2.05, 4.69) is 40.2 Å². The Labute approximate surface area is 188 Å². The first-order chi connectivity index (χ1) is 15.5. The number of carboxylic acid groups (broad SMARTS) is 1. The SMILES string of the molecule is CCCC/C(=C\c1nnc(-c2ccc(CN3CC(C(=O)O)C3)cc2C)o1)c1ccccc1. The van der Waals surface area contributed by atoms with Crippen LogP contribution in [0.3, 0.4) is 0 Å². The molecule has 32 heavy (non-hydrogen) atoms. The largest absolute Gasteiger partial charge is 0.481 e. The number of aliphatic carboxylic acids is 1. The molecular formula is C26H29N3O3. The third kappa shape index (κ3) is 5.14. The molecule has 3 aromatic rings. The van der Waals surface area contributed by atoms with Crippen molar-refractivity contribution < 1.29 is 14.3 Å². The second-order valence-electron chi connectivity index (χ2n) is 8.46. The average molecular weight is 432 g/mol. The molecule has 1 saturated heterocycles. The minimum Gasteiger partial charge on any atom is -0.481 e. The lowest BCUT2D eigenvalue weighted by Gasteiger charge is -2.36. The van der Waals surface area contributed by atoms with Crippen LogP contribution in [0.25, 0.3) is 23.1 Å². The minimum absolute atomic E-state index is 0.238. The molecule has 0 bridgehead atoms. The van der Waals surface area contributed by atoms with Crippen LogP contribution in [-0.2, 0) is 11.3 Å². The average Bonchev–Trinajstić information content (AvgIpc) is 3.22. The van der Waals surface area contributed by atoms with E-state index < -0.39 is 5.97 Å². The number of aromatic nitrogens is 2. The van der Waals surface area contributed by atoms with Crippen LogP contribution in [0.5, 0.6) is 0 Å². The highest BCUT2D eigenvalue weighted by atomic mass is 16.4. The molecule has 6 nitrogen and oxygen atoms in total. The van der Waals surface area contributed by atoms with Gasteiger partial charge in [0.25, 0.3) is 0 Å². The quantitative estimate of drug-likeness (QED) is 0.496. The van der Waals surface area contributed by atoms with Gasteiger partial charge in [0.05, 0.1) is 5.92 Å². The first-order valence-electron chi connectivity index (χ1n) is 11.2. The van der Waals surface area contributed by atoms with Gasteiger partial charge in [-0.05, 0) is 48.1 Å². The number of unbranched alkanes of at least 4 members (excludes halogenated alkanes) is 1. The zero-order chi connectivity index (χ0) is 22.5. The van der Waals surface area contributed by atoms with Crippen LogP contribution < -0.4 is 0 Å². The highest BCUT2D eigenvalue weighted by Gasteiger charge is 2.32. The number of carboxylic acids is 1. The number of rotatable bonds is 9. The molecule has 0 aliphatic carbocycles. The van der Waals surface area contributed by atoms with E-state index >= 15 is 0 Å². The van der Waals surface area contributed by atoms with E-state index in [1.807, 2.05) is 43.3 Å². The summed E-state index contributed by atoms with van der Waals surface area (Å²) in [6, 6.07) is 16.5. The summed E-state index contributed by atoms with van der Waals surface area (Å²) in [4.78, 5) is 13.1. The Morgan fingerprint density at radius 2 is 1.97 bits per heavy atom. The first kappa shape index (κ1) is 22.0. The van der Waals surface area contributed by atoms with Crippen molar-refractivity contribution in [2.45, 2.75) is 39.7 Å². The second kappa shape index (κ2) is 9.92. The standard InChI is InChI=1S/C26H29N3O3/c1-3-4-8-21(20-9-6-5-7-10-20)14-24-27-28-25(32-24)23-12-11-19(13-18(23)2)15-29-16-22(17-29)26(30)31/h5-7,9-14,22H,3-4,8,15-17H2,1-2H3,(H,30,31)/b21-14+. The third-order valence-electron chi connectivity index (χ3n) is 5.92. The lowest BCUT2D eigenvalue weighted by Crippen LogP contribution is -2.49. The Bertz CT molecular complexity index is 1100. The molecule has 1 aliphatic rings. The molecule has 1 N–H and O–H groups in total. The normalized spacial score (nSPS) is 15.0. The number of nitrogens with zero attached hydrogens (tertiary/aromatic N) is 3. The molecule has 0 spiro atoms. The summed E-state index contributed by atoms with van der Waals surface area (Å²) >= 11 is 0. The molecule has 0 amide bonds. The summed E-state index contributed by atoms with van der Waals surface area (Å²) in [7, 11) is 0. The molecule has 0 saturated carbocycles. The fraction of sp³-hybridized carbons (Fsp3) is 0.346. The zero-order valence-corrected chi connectivity index (χ0v) is 18.6. The summed E-state index contributed by atoms with van der Waals surface area (Å²) < 4.78 is 6.00. The summed E-state index contributed by atoms with van der Waals surface area (Å²) in [6.45, 7) is 6.19. The van der Waals surface area contributed by atoms with Gasteiger partial charge in [-0.3, -0.25) is 9.69 Å². The molecule has 6 heteroatoms. The summed E-state index contributed by atoms with van der Waals surface area (Å²) in [6.07, 6.45) is 5.19. The van der Waals surface area contributed by atoms with Gasteiger partial charge in [-0.2, -0.15) is 0 Å². The van der Waals surface area contributed by atoms with Crippen LogP contribution in [0.1, 0.15) is 48.8 Å². The van der Waals surface area contributed by atoms with Gasteiger partial charge >= 0.3 is 5.97 Å². The van der Waals surface area contributed by atoms with Gasteiger partial charge < -0.3 is 9.52 Å². The van der Waals surface area contributed by atoms with Crippen molar-refractivity contribution in [2.75, 3.05) is 13.1 Å². The molecule has 1 fully saturated rings. The van der Waals surface area contributed by atoms with Gasteiger partial charge in [-0.15, -0.1) is 10.2 Å². The number of hydrogen-bond donors (Lipinski definition) is 1. The van der Waals surface area contributed by atoms with Gasteiger partial charge in [0.15, 0.2) is 0 Å². The summed E-state index contributed by atoms with van der Waals surface area (Å²) in [5.41, 5.74) is 5.51. The van der Waals surface area contributed by atoms with E-state index in [0.717, 1.165) is 42.5 Å². The van der Waals surface area contributed by atoms with Gasteiger partial charge in [-0.25, -0.2) is 0 Å². The molecular weight excluding hydrogens is 402 g/mol. The van der Waals surface area contributed by atoms with E-state index in [1.165, 1.54) is 11.1 Å². The summed E-state index contributed by atoms with van der Waals surface area (Å²) in [5.74, 6) is 0.0781. The second-order valence-corrected chi connectivity index (χ2v) is 8.46. The Balaban J connectivity index is 1.49. The number of likely N-dealkylation sites (tertiary alicyclic amines) is 1. The van der Waals surface area contributed by atoms with Crippen LogP contribution in [0.15, 0.2) is 52.9 Å². The molecule has 4 rings (SSSR count). The van der Waals surface area contributed by atoms with Gasteiger partial charge in [0.2, 0.25) is 11.8 Å². The predicted octanol–water partition coefficient (Wildman–Crippen LogP) is 5.29. The van der Waals surface area contributed by atoms with Crippen molar-refractivity contribution >= 4 is 17.6 Å². The van der Waals surface area contributed by atoms with Gasteiger partial charge in [-0.1, -0.05) is 55.8 Å². The lowest BCUT2D eigenvalue weighted by atomic mass is 9.98. The molecule has 1 aliphatic heterocycles. The maximum Gasteiger partial charge on any atom is 0.309 e. The maximum absolute atomic E-state index is 11.0. The van der Waals surface area contributed by atoms with Crippen molar-refractivity contribution in [2.24, 2.45) is 5.92 Å². The molecule has 0 radical (unpaired) electrons. The van der Waals surface area contributed by atoms with Crippen LogP contribution in [0, 0.1) is 12.8 Å². The third-order valence-corrected chi connectivity index (χ3v) is 5.92. The van der Waals surface area contributed by atoms with Gasteiger partial charge in [0.1, 0.15) is 0 Å². The smallest absolute Gasteiger partial charge is 0.309 e. The monoisotopic (exact) mass is 431 g/mol. The Hall–Kier alpha value is -3.25. The highest BCUT2D eigenvalue weighted by molar-refractivity contribution is 5.79. The number of allylic oxidation sites excluding steroid dienone is 1. The lowest BCUT2D eigenvalue weighted by molar-refractivity contribution is -0.147. The number of aryl methyl sites for hydroxylation is 1. The predicted molar refractivity (Wildman–Crippen MR) is 125 cm³/mol. The van der Waals surface area contributed by atoms with E-state index in [4.69, 9.17) is 9.52 Å². The molecule has 2 heterocycles. The highest BCUT2D eigenvalue weighted by Crippen LogP contribution is 2.28. The van der Waals surface area contributed by atoms with E-state index in [-0.39, 0.29) is 5.92 Å². The van der Waals surface area contributed by atoms with Crippen molar-refractivity contribution in [1.82, 2.24) is 15.1 Å². The number of benzene rings is 2. The minimum atomic E-state index is -0.709. The fourth-order valence-corrected chi connectivity index (χ4v) is 4.05. The molecule has 1 aromatic heterocycles. The van der Waals surface area contributed by atoms with Crippen molar-refractivity contribution in [1.29, 1.82) is 0 Å².